The molecule has 41 heavy (non-hydrogen) atoms. The van der Waals surface area contributed by atoms with E-state index in [1.54, 1.807) is 36.4 Å². The maximum Gasteiger partial charge on any atom is 0.279 e. The van der Waals surface area contributed by atoms with E-state index in [0.717, 1.165) is 4.41 Å². The monoisotopic (exact) mass is 653 g/mol. The van der Waals surface area contributed by atoms with Gasteiger partial charge in [0.15, 0.2) is 5.82 Å². The average Bonchev–Trinajstić information content (AvgIpc) is 2.92. The standard InChI is InChI=1S/C27H26Cl3N5O4S2/c1-18(34-40(36,37)26-12-10-23(30)17-24(26)19-5-7-21(28)8-6-19)33-35(27-4-2-3-15-32-27)41(38,39)25-11-9-22(29)16-20(25)13-14-31/h2-12,15-18,33-34H,13-14,31H2,1H3. The number of hydrogen-bond donors (Lipinski definition) is 3. The van der Waals surface area contributed by atoms with Crippen LogP contribution in [0.15, 0.2) is 94.9 Å². The minimum Gasteiger partial charge on any atom is -0.330 e. The summed E-state index contributed by atoms with van der Waals surface area (Å²) in [5.41, 5.74) is 9.79. The number of anilines is 1. The molecule has 0 spiro atoms. The number of nitrogens with zero attached hydrogens (tertiary/aromatic N) is 2. The molecule has 0 fully saturated rings. The van der Waals surface area contributed by atoms with Gasteiger partial charge in [0.25, 0.3) is 10.0 Å². The molecule has 1 unspecified atom stereocenters. The first kappa shape index (κ1) is 31.2. The van der Waals surface area contributed by atoms with Crippen LogP contribution in [0.5, 0.6) is 0 Å². The van der Waals surface area contributed by atoms with Crippen molar-refractivity contribution in [2.24, 2.45) is 5.73 Å². The molecule has 0 bridgehead atoms. The van der Waals surface area contributed by atoms with Gasteiger partial charge in [-0.25, -0.2) is 18.8 Å². The van der Waals surface area contributed by atoms with Gasteiger partial charge in [-0.3, -0.25) is 0 Å². The van der Waals surface area contributed by atoms with Crippen LogP contribution in [0, 0.1) is 0 Å². The van der Waals surface area contributed by atoms with Crippen LogP contribution in [0.2, 0.25) is 15.1 Å². The second kappa shape index (κ2) is 13.1. The molecule has 1 atom stereocenters. The summed E-state index contributed by atoms with van der Waals surface area (Å²) in [6.07, 6.45) is 0.538. The molecular weight excluding hydrogens is 629 g/mol. The van der Waals surface area contributed by atoms with Gasteiger partial charge in [-0.05, 0) is 91.7 Å². The second-order valence-electron chi connectivity index (χ2n) is 8.87. The Hall–Kier alpha value is -2.74. The maximum atomic E-state index is 14.0. The first-order valence-corrected chi connectivity index (χ1v) is 16.3. The molecule has 4 N–H and O–H groups in total. The molecule has 1 heterocycles. The van der Waals surface area contributed by atoms with Crippen molar-refractivity contribution in [3.63, 3.8) is 0 Å². The Bertz CT molecular complexity index is 1740. The van der Waals surface area contributed by atoms with Crippen molar-refractivity contribution in [3.05, 3.63) is 106 Å². The van der Waals surface area contributed by atoms with Crippen molar-refractivity contribution in [2.45, 2.75) is 29.3 Å². The summed E-state index contributed by atoms with van der Waals surface area (Å²) >= 11 is 18.3. The fraction of sp³-hybridized carbons (Fsp3) is 0.148. The number of benzene rings is 3. The van der Waals surface area contributed by atoms with E-state index >= 15 is 0 Å². The van der Waals surface area contributed by atoms with E-state index in [-0.39, 0.29) is 28.6 Å². The van der Waals surface area contributed by atoms with Crippen LogP contribution in [-0.4, -0.2) is 34.5 Å². The summed E-state index contributed by atoms with van der Waals surface area (Å²) in [7, 11) is -8.52. The van der Waals surface area contributed by atoms with Crippen molar-refractivity contribution >= 4 is 60.7 Å². The molecule has 0 amide bonds. The van der Waals surface area contributed by atoms with Gasteiger partial charge in [0, 0.05) is 26.8 Å². The topological polar surface area (TPSA) is 134 Å². The van der Waals surface area contributed by atoms with Crippen LogP contribution in [0.25, 0.3) is 11.1 Å². The van der Waals surface area contributed by atoms with Crippen LogP contribution in [-0.2, 0) is 26.5 Å². The number of hydrazine groups is 1. The largest absolute Gasteiger partial charge is 0.330 e. The lowest BCUT2D eigenvalue weighted by Crippen LogP contribution is -2.54. The molecule has 0 aliphatic carbocycles. The van der Waals surface area contributed by atoms with Gasteiger partial charge in [0.1, 0.15) is 0 Å². The Morgan fingerprint density at radius 3 is 2.12 bits per heavy atom. The number of nitrogens with two attached hydrogens (primary N) is 1. The number of nitrogens with one attached hydrogen (secondary N) is 2. The predicted molar refractivity (Wildman–Crippen MR) is 163 cm³/mol. The lowest BCUT2D eigenvalue weighted by molar-refractivity contribution is 0.501. The van der Waals surface area contributed by atoms with Crippen LogP contribution in [0.1, 0.15) is 12.5 Å². The van der Waals surface area contributed by atoms with E-state index in [1.807, 2.05) is 0 Å². The van der Waals surface area contributed by atoms with Gasteiger partial charge in [-0.2, -0.15) is 17.6 Å². The van der Waals surface area contributed by atoms with Gasteiger partial charge < -0.3 is 5.73 Å². The van der Waals surface area contributed by atoms with E-state index in [2.05, 4.69) is 15.1 Å². The Kier molecular flexibility index (Phi) is 9.93. The smallest absolute Gasteiger partial charge is 0.279 e. The Morgan fingerprint density at radius 1 is 0.854 bits per heavy atom. The highest BCUT2D eigenvalue weighted by Gasteiger charge is 2.31. The quantitative estimate of drug-likeness (QED) is 0.149. The van der Waals surface area contributed by atoms with Crippen molar-refractivity contribution in [1.82, 2.24) is 15.1 Å². The number of pyridine rings is 1. The summed E-state index contributed by atoms with van der Waals surface area (Å²) in [5, 5.41) is 1.18. The van der Waals surface area contributed by atoms with Crippen LogP contribution < -0.4 is 20.3 Å². The lowest BCUT2D eigenvalue weighted by Gasteiger charge is -2.28. The predicted octanol–water partition coefficient (Wildman–Crippen LogP) is 5.23. The van der Waals surface area contributed by atoms with Gasteiger partial charge in [-0.1, -0.05) is 53.0 Å². The van der Waals surface area contributed by atoms with Gasteiger partial charge in [-0.15, -0.1) is 0 Å². The summed E-state index contributed by atoms with van der Waals surface area (Å²) in [5.74, 6) is 0.0144. The molecule has 1 aromatic heterocycles. The lowest BCUT2D eigenvalue weighted by atomic mass is 10.1. The number of halogens is 3. The zero-order valence-corrected chi connectivity index (χ0v) is 25.5. The number of rotatable bonds is 11. The molecule has 216 valence electrons. The second-order valence-corrected chi connectivity index (χ2v) is 13.6. The Labute approximate surface area is 254 Å². The SMILES string of the molecule is CC(NN(c1ccccn1)S(=O)(=O)c1ccc(Cl)cc1CCN)NS(=O)(=O)c1ccc(Cl)cc1-c1ccc(Cl)cc1. The molecule has 0 radical (unpaired) electrons. The van der Waals surface area contributed by atoms with Crippen LogP contribution in [0.3, 0.4) is 0 Å². The average molecular weight is 655 g/mol. The number of hydrogen-bond acceptors (Lipinski definition) is 7. The Morgan fingerprint density at radius 2 is 1.49 bits per heavy atom. The summed E-state index contributed by atoms with van der Waals surface area (Å²) in [6.45, 7) is 1.65. The van der Waals surface area contributed by atoms with Crippen molar-refractivity contribution in [3.8, 4) is 11.1 Å². The highest BCUT2D eigenvalue weighted by atomic mass is 35.5. The third-order valence-corrected chi connectivity index (χ3v) is 9.89. The molecule has 0 saturated carbocycles. The molecule has 9 nitrogen and oxygen atoms in total. The van der Waals surface area contributed by atoms with Crippen molar-refractivity contribution < 1.29 is 16.8 Å². The molecular formula is C27H26Cl3N5O4S2. The highest BCUT2D eigenvalue weighted by Crippen LogP contribution is 2.31. The number of aromatic nitrogens is 1. The van der Waals surface area contributed by atoms with E-state index in [9.17, 15) is 16.8 Å². The fourth-order valence-electron chi connectivity index (χ4n) is 4.07. The van der Waals surface area contributed by atoms with Crippen LogP contribution in [0.4, 0.5) is 5.82 Å². The van der Waals surface area contributed by atoms with Gasteiger partial charge in [0.2, 0.25) is 10.0 Å². The van der Waals surface area contributed by atoms with E-state index < -0.39 is 26.2 Å². The third-order valence-electron chi connectivity index (χ3n) is 5.84. The zero-order valence-electron chi connectivity index (χ0n) is 21.6. The number of sulfonamides is 2. The molecule has 4 rings (SSSR count). The first-order chi connectivity index (χ1) is 19.4. The van der Waals surface area contributed by atoms with Gasteiger partial charge >= 0.3 is 0 Å². The summed E-state index contributed by atoms with van der Waals surface area (Å²) < 4.78 is 58.4. The minimum absolute atomic E-state index is 0.0144. The zero-order chi connectivity index (χ0) is 29.8. The summed E-state index contributed by atoms with van der Waals surface area (Å²) in [6, 6.07) is 20.1. The molecule has 4 aromatic rings. The Balaban J connectivity index is 1.70. The van der Waals surface area contributed by atoms with Gasteiger partial charge in [0.05, 0.1) is 16.0 Å². The van der Waals surface area contributed by atoms with Crippen molar-refractivity contribution in [2.75, 3.05) is 11.0 Å². The van der Waals surface area contributed by atoms with Crippen molar-refractivity contribution in [1.29, 1.82) is 0 Å². The molecule has 14 heteroatoms. The molecule has 0 saturated heterocycles. The van der Waals surface area contributed by atoms with E-state index in [0.29, 0.717) is 31.8 Å². The third kappa shape index (κ3) is 7.37. The molecule has 0 aliphatic rings. The van der Waals surface area contributed by atoms with Crippen LogP contribution >= 0.6 is 34.8 Å². The molecule has 3 aromatic carbocycles. The molecule has 0 aliphatic heterocycles. The van der Waals surface area contributed by atoms with E-state index in [4.69, 9.17) is 40.5 Å². The van der Waals surface area contributed by atoms with E-state index in [1.165, 1.54) is 55.6 Å². The minimum atomic E-state index is -4.32. The normalized spacial score (nSPS) is 12.7. The maximum absolute atomic E-state index is 14.0. The fourth-order valence-corrected chi connectivity index (χ4v) is 7.50. The first-order valence-electron chi connectivity index (χ1n) is 12.2. The summed E-state index contributed by atoms with van der Waals surface area (Å²) in [4.78, 5) is 4.06. The highest BCUT2D eigenvalue weighted by molar-refractivity contribution is 7.92.